The van der Waals surface area contributed by atoms with Crippen molar-refractivity contribution in [1.29, 1.82) is 0 Å². The zero-order valence-electron chi connectivity index (χ0n) is 13.4. The van der Waals surface area contributed by atoms with Gasteiger partial charge in [-0.15, -0.1) is 4.40 Å². The van der Waals surface area contributed by atoms with Gasteiger partial charge < -0.3 is 10.5 Å². The summed E-state index contributed by atoms with van der Waals surface area (Å²) >= 11 is 0. The van der Waals surface area contributed by atoms with E-state index >= 15 is 0 Å². The first-order chi connectivity index (χ1) is 11.4. The minimum atomic E-state index is -3.63. The minimum absolute atomic E-state index is 0.112. The molecule has 1 saturated heterocycles. The lowest BCUT2D eigenvalue weighted by molar-refractivity contribution is 0.107. The van der Waals surface area contributed by atoms with Gasteiger partial charge in [-0.3, -0.25) is 9.08 Å². The molecule has 2 N–H and O–H groups in total. The highest BCUT2D eigenvalue weighted by atomic mass is 32.2. The highest BCUT2D eigenvalue weighted by Gasteiger charge is 2.33. The van der Waals surface area contributed by atoms with E-state index in [0.717, 1.165) is 12.5 Å². The van der Waals surface area contributed by atoms with Crippen LogP contribution in [-0.4, -0.2) is 60.5 Å². The van der Waals surface area contributed by atoms with Crippen LogP contribution in [0.5, 0.6) is 0 Å². The summed E-state index contributed by atoms with van der Waals surface area (Å²) in [4.78, 5) is 13.2. The largest absolute Gasteiger partial charge is 0.441 e. The van der Waals surface area contributed by atoms with Crippen LogP contribution in [-0.2, 0) is 29.1 Å². The summed E-state index contributed by atoms with van der Waals surface area (Å²) in [5.41, 5.74) is 6.46. The molecule has 1 unspecified atom stereocenters. The summed E-state index contributed by atoms with van der Waals surface area (Å²) in [6, 6.07) is 6.10. The van der Waals surface area contributed by atoms with Gasteiger partial charge in [0, 0.05) is 11.3 Å². The predicted molar refractivity (Wildman–Crippen MR) is 90.4 cm³/mol. The Hall–Kier alpha value is -2.18. The van der Waals surface area contributed by atoms with Crippen molar-refractivity contribution >= 4 is 37.8 Å². The van der Waals surface area contributed by atoms with Crippen LogP contribution in [0.25, 0.3) is 0 Å². The molecule has 1 heterocycles. The second-order valence-electron chi connectivity index (χ2n) is 5.36. The molecule has 138 valence electrons. The van der Waals surface area contributed by atoms with E-state index in [1.54, 1.807) is 12.1 Å². The number of ether oxygens (including phenoxy) is 1. The lowest BCUT2D eigenvalue weighted by Crippen LogP contribution is -2.26. The molecule has 1 aromatic carbocycles. The quantitative estimate of drug-likeness (QED) is 0.393. The van der Waals surface area contributed by atoms with Crippen LogP contribution in [0.15, 0.2) is 28.7 Å². The summed E-state index contributed by atoms with van der Waals surface area (Å²) in [5.74, 6) is -0.169. The normalized spacial score (nSPS) is 19.1. The molecule has 10 nitrogen and oxygen atoms in total. The molecule has 12 heteroatoms. The number of carbonyl (C=O) groups excluding carboxylic acids is 1. The maximum atomic E-state index is 11.9. The number of cyclic esters (lactones) is 1. The first-order valence-corrected chi connectivity index (χ1v) is 10.6. The van der Waals surface area contributed by atoms with E-state index in [2.05, 4.69) is 8.58 Å². The molecule has 1 aliphatic rings. The zero-order chi connectivity index (χ0) is 18.8. The number of amidine groups is 1. The van der Waals surface area contributed by atoms with Crippen LogP contribution < -0.4 is 10.6 Å². The molecule has 1 atom stereocenters. The van der Waals surface area contributed by atoms with E-state index in [0.29, 0.717) is 11.3 Å². The highest BCUT2D eigenvalue weighted by molar-refractivity contribution is 7.89. The Morgan fingerprint density at radius 1 is 1.28 bits per heavy atom. The van der Waals surface area contributed by atoms with Gasteiger partial charge in [0.1, 0.15) is 18.5 Å². The lowest BCUT2D eigenvalue weighted by atomic mass is 10.2. The molecule has 1 aliphatic heterocycles. The van der Waals surface area contributed by atoms with Crippen molar-refractivity contribution in [1.82, 2.24) is 0 Å². The lowest BCUT2D eigenvalue weighted by Gasteiger charge is -2.13. The highest BCUT2D eigenvalue weighted by Crippen LogP contribution is 2.22. The Morgan fingerprint density at radius 2 is 1.88 bits per heavy atom. The zero-order valence-corrected chi connectivity index (χ0v) is 15.1. The molecule has 0 saturated carbocycles. The molecule has 1 amide bonds. The average Bonchev–Trinajstić information content (AvgIpc) is 2.84. The number of sulfonamides is 1. The van der Waals surface area contributed by atoms with Crippen LogP contribution in [0.4, 0.5) is 10.5 Å². The molecular formula is C13H17N3O7S2. The molecule has 0 aromatic heterocycles. The van der Waals surface area contributed by atoms with E-state index in [9.17, 15) is 21.6 Å². The second kappa shape index (κ2) is 6.98. The summed E-state index contributed by atoms with van der Waals surface area (Å²) in [7, 11) is -7.24. The van der Waals surface area contributed by atoms with Gasteiger partial charge in [-0.25, -0.2) is 13.2 Å². The summed E-state index contributed by atoms with van der Waals surface area (Å²) < 4.78 is 57.2. The fourth-order valence-electron chi connectivity index (χ4n) is 2.06. The van der Waals surface area contributed by atoms with Crippen molar-refractivity contribution in [2.24, 2.45) is 10.1 Å². The number of nitrogens with zero attached hydrogens (tertiary/aromatic N) is 2. The predicted octanol–water partition coefficient (Wildman–Crippen LogP) is -0.347. The van der Waals surface area contributed by atoms with Crippen molar-refractivity contribution in [2.45, 2.75) is 6.10 Å². The summed E-state index contributed by atoms with van der Waals surface area (Å²) in [5, 5.41) is 0. The Balaban J connectivity index is 2.10. The number of amides is 1. The molecule has 0 radical (unpaired) electrons. The first-order valence-electron chi connectivity index (χ1n) is 6.93. The van der Waals surface area contributed by atoms with Crippen molar-refractivity contribution in [2.75, 3.05) is 30.6 Å². The van der Waals surface area contributed by atoms with Gasteiger partial charge in [-0.1, -0.05) is 0 Å². The van der Waals surface area contributed by atoms with E-state index in [-0.39, 0.29) is 19.0 Å². The van der Waals surface area contributed by atoms with Gasteiger partial charge in [-0.05, 0) is 24.3 Å². The van der Waals surface area contributed by atoms with Crippen molar-refractivity contribution < 1.29 is 30.6 Å². The third kappa shape index (κ3) is 5.69. The SMILES string of the molecule is CS(=O)(=O)N=C(N)c1ccc(N2CC(COS(C)(=O)=O)OC2=O)cc1. The van der Waals surface area contributed by atoms with Crippen LogP contribution in [0.2, 0.25) is 0 Å². The Kier molecular flexibility index (Phi) is 5.34. The topological polar surface area (TPSA) is 145 Å². The van der Waals surface area contributed by atoms with Crippen molar-refractivity contribution in [3.63, 3.8) is 0 Å². The standard InChI is InChI=1S/C13H17N3O7S2/c1-24(18,19)15-12(14)9-3-5-10(6-4-9)16-7-11(23-13(16)17)8-22-25(2,20)21/h3-6,11H,7-8H2,1-2H3,(H2,14,15). The smallest absolute Gasteiger partial charge is 0.414 e. The summed E-state index contributed by atoms with van der Waals surface area (Å²) in [6.07, 6.45) is 0.460. The molecule has 0 aliphatic carbocycles. The Labute approximate surface area is 145 Å². The Morgan fingerprint density at radius 3 is 2.40 bits per heavy atom. The average molecular weight is 391 g/mol. The van der Waals surface area contributed by atoms with E-state index in [1.165, 1.54) is 17.0 Å². The first kappa shape index (κ1) is 19.1. The fourth-order valence-corrected chi connectivity index (χ4v) is 2.92. The van der Waals surface area contributed by atoms with Crippen LogP contribution in [0.3, 0.4) is 0 Å². The number of hydrogen-bond acceptors (Lipinski definition) is 7. The van der Waals surface area contributed by atoms with Gasteiger partial charge in [0.15, 0.2) is 0 Å². The van der Waals surface area contributed by atoms with E-state index < -0.39 is 32.3 Å². The van der Waals surface area contributed by atoms with Gasteiger partial charge in [0.25, 0.3) is 20.1 Å². The molecule has 0 bridgehead atoms. The van der Waals surface area contributed by atoms with Gasteiger partial charge in [-0.2, -0.15) is 8.42 Å². The molecular weight excluding hydrogens is 374 g/mol. The number of benzene rings is 1. The number of hydrogen-bond donors (Lipinski definition) is 1. The molecule has 0 spiro atoms. The van der Waals surface area contributed by atoms with Crippen molar-refractivity contribution in [3.05, 3.63) is 29.8 Å². The monoisotopic (exact) mass is 391 g/mol. The number of anilines is 1. The minimum Gasteiger partial charge on any atom is -0.441 e. The van der Waals surface area contributed by atoms with Gasteiger partial charge in [0.2, 0.25) is 0 Å². The third-order valence-electron chi connectivity index (χ3n) is 3.08. The number of rotatable bonds is 6. The van der Waals surface area contributed by atoms with E-state index in [4.69, 9.17) is 10.5 Å². The Bertz CT molecular complexity index is 892. The molecule has 1 aromatic rings. The molecule has 1 fully saturated rings. The van der Waals surface area contributed by atoms with Crippen LogP contribution in [0.1, 0.15) is 5.56 Å². The molecule has 25 heavy (non-hydrogen) atoms. The number of carbonyl (C=O) groups is 1. The maximum Gasteiger partial charge on any atom is 0.414 e. The summed E-state index contributed by atoms with van der Waals surface area (Å²) in [6.45, 7) is -0.159. The van der Waals surface area contributed by atoms with Gasteiger partial charge >= 0.3 is 6.09 Å². The number of nitrogens with two attached hydrogens (primary N) is 1. The fraction of sp³-hybridized carbons (Fsp3) is 0.385. The van der Waals surface area contributed by atoms with Crippen LogP contribution >= 0.6 is 0 Å². The molecule has 2 rings (SSSR count). The van der Waals surface area contributed by atoms with Crippen LogP contribution in [0, 0.1) is 0 Å². The third-order valence-corrected chi connectivity index (χ3v) is 4.17. The van der Waals surface area contributed by atoms with E-state index in [1.807, 2.05) is 0 Å². The second-order valence-corrected chi connectivity index (χ2v) is 8.65. The van der Waals surface area contributed by atoms with Crippen molar-refractivity contribution in [3.8, 4) is 0 Å². The maximum absolute atomic E-state index is 11.9. The van der Waals surface area contributed by atoms with Gasteiger partial charge in [0.05, 0.1) is 19.1 Å².